The Kier molecular flexibility index (Phi) is 4.57. The predicted molar refractivity (Wildman–Crippen MR) is 104 cm³/mol. The van der Waals surface area contributed by atoms with Crippen molar-refractivity contribution in [1.82, 2.24) is 10.2 Å². The maximum Gasteiger partial charge on any atom is 0.324 e. The van der Waals surface area contributed by atoms with Gasteiger partial charge in [0.25, 0.3) is 0 Å². The molecule has 0 aromatic heterocycles. The molecule has 0 bridgehead atoms. The Balaban J connectivity index is 1.79. The van der Waals surface area contributed by atoms with Crippen LogP contribution in [0.4, 0.5) is 0 Å². The van der Waals surface area contributed by atoms with E-state index in [0.29, 0.717) is 0 Å². The van der Waals surface area contributed by atoms with E-state index in [0.717, 1.165) is 48.8 Å². The molecule has 2 heterocycles. The summed E-state index contributed by atoms with van der Waals surface area (Å²) in [5.74, 6) is -3.14. The van der Waals surface area contributed by atoms with E-state index in [1.165, 1.54) is 4.90 Å². The molecular weight excluding hydrogens is 356 g/mol. The summed E-state index contributed by atoms with van der Waals surface area (Å²) in [5, 5.41) is 13.1. The number of carbonyl (C=O) groups excluding carboxylic acids is 2. The van der Waals surface area contributed by atoms with Crippen molar-refractivity contribution in [2.75, 3.05) is 0 Å². The second-order valence-corrected chi connectivity index (χ2v) is 8.83. The summed E-state index contributed by atoms with van der Waals surface area (Å²) in [6, 6.07) is 5.42. The summed E-state index contributed by atoms with van der Waals surface area (Å²) in [6.07, 6.45) is 4.78. The number of rotatable bonds is 3. The summed E-state index contributed by atoms with van der Waals surface area (Å²) < 4.78 is 0. The number of benzene rings is 1. The first-order chi connectivity index (χ1) is 13.3. The first kappa shape index (κ1) is 19.1. The molecule has 6 heteroatoms. The van der Waals surface area contributed by atoms with Gasteiger partial charge >= 0.3 is 5.97 Å². The van der Waals surface area contributed by atoms with Crippen LogP contribution in [0.15, 0.2) is 18.2 Å². The number of aryl methyl sites for hydroxylation is 2. The first-order valence-corrected chi connectivity index (χ1v) is 10.2. The molecule has 0 radical (unpaired) electrons. The molecule has 2 N–H and O–H groups in total. The normalized spacial score (nSPS) is 33.4. The lowest BCUT2D eigenvalue weighted by atomic mass is 9.80. The zero-order valence-corrected chi connectivity index (χ0v) is 16.7. The Hall–Kier alpha value is -2.21. The number of nitrogens with zero attached hydrogens (tertiary/aromatic N) is 1. The van der Waals surface area contributed by atoms with Crippen molar-refractivity contribution in [3.8, 4) is 0 Å². The summed E-state index contributed by atoms with van der Waals surface area (Å²) in [6.45, 7) is 5.48. The van der Waals surface area contributed by atoms with Gasteiger partial charge in [-0.05, 0) is 44.7 Å². The topological polar surface area (TPSA) is 86.7 Å². The standard InChI is InChI=1S/C22H28N2O4/c1-12-9-10-13(2)15(11-12)18-16-17(22(3,23-18)21(27)28)20(26)24(19(16)25)14-7-5-4-6-8-14/h9-11,14,16-18,23H,4-8H2,1-3H3,(H,27,28). The van der Waals surface area contributed by atoms with Gasteiger partial charge in [-0.25, -0.2) is 0 Å². The lowest BCUT2D eigenvalue weighted by Crippen LogP contribution is -2.54. The van der Waals surface area contributed by atoms with Crippen LogP contribution in [0.3, 0.4) is 0 Å². The molecule has 2 saturated heterocycles. The number of amides is 2. The minimum Gasteiger partial charge on any atom is -0.480 e. The van der Waals surface area contributed by atoms with E-state index in [1.54, 1.807) is 6.92 Å². The van der Waals surface area contributed by atoms with Crippen LogP contribution < -0.4 is 5.32 Å². The van der Waals surface area contributed by atoms with Gasteiger partial charge in [-0.3, -0.25) is 24.6 Å². The molecule has 28 heavy (non-hydrogen) atoms. The van der Waals surface area contributed by atoms with Gasteiger partial charge in [-0.1, -0.05) is 43.0 Å². The average Bonchev–Trinajstić information content (AvgIpc) is 3.12. The minimum absolute atomic E-state index is 0.0864. The second-order valence-electron chi connectivity index (χ2n) is 8.83. The molecule has 2 amide bonds. The molecular formula is C22H28N2O4. The van der Waals surface area contributed by atoms with Crippen molar-refractivity contribution in [1.29, 1.82) is 0 Å². The number of carboxylic acids is 1. The number of carbonyl (C=O) groups is 3. The highest BCUT2D eigenvalue weighted by Gasteiger charge is 2.67. The van der Waals surface area contributed by atoms with Crippen molar-refractivity contribution in [3.05, 3.63) is 34.9 Å². The number of hydrogen-bond donors (Lipinski definition) is 2. The first-order valence-electron chi connectivity index (χ1n) is 10.2. The minimum atomic E-state index is -1.46. The van der Waals surface area contributed by atoms with E-state index in [9.17, 15) is 19.5 Å². The van der Waals surface area contributed by atoms with E-state index in [1.807, 2.05) is 32.0 Å². The number of carboxylic acid groups (broad SMARTS) is 1. The van der Waals surface area contributed by atoms with Crippen LogP contribution in [0.25, 0.3) is 0 Å². The third kappa shape index (κ3) is 2.69. The smallest absolute Gasteiger partial charge is 0.324 e. The molecule has 3 fully saturated rings. The lowest BCUT2D eigenvalue weighted by molar-refractivity contribution is -0.151. The van der Waals surface area contributed by atoms with Crippen molar-refractivity contribution >= 4 is 17.8 Å². The van der Waals surface area contributed by atoms with Crippen molar-refractivity contribution in [2.24, 2.45) is 11.8 Å². The summed E-state index contributed by atoms with van der Waals surface area (Å²) in [4.78, 5) is 40.4. The van der Waals surface area contributed by atoms with Gasteiger partial charge in [0, 0.05) is 12.1 Å². The fourth-order valence-electron chi connectivity index (χ4n) is 5.42. The Labute approximate surface area is 165 Å². The zero-order valence-electron chi connectivity index (χ0n) is 16.7. The van der Waals surface area contributed by atoms with Gasteiger partial charge in [0.1, 0.15) is 5.54 Å². The fraction of sp³-hybridized carbons (Fsp3) is 0.591. The van der Waals surface area contributed by atoms with Crippen molar-refractivity contribution in [2.45, 2.75) is 70.5 Å². The van der Waals surface area contributed by atoms with Crippen LogP contribution >= 0.6 is 0 Å². The molecule has 3 aliphatic rings. The van der Waals surface area contributed by atoms with E-state index in [2.05, 4.69) is 5.32 Å². The van der Waals surface area contributed by atoms with Crippen LogP contribution in [0, 0.1) is 25.7 Å². The molecule has 6 nitrogen and oxygen atoms in total. The quantitative estimate of drug-likeness (QED) is 0.783. The maximum atomic E-state index is 13.5. The largest absolute Gasteiger partial charge is 0.480 e. The monoisotopic (exact) mass is 384 g/mol. The van der Waals surface area contributed by atoms with Gasteiger partial charge < -0.3 is 5.11 Å². The van der Waals surface area contributed by atoms with Crippen LogP contribution in [0.5, 0.6) is 0 Å². The van der Waals surface area contributed by atoms with Gasteiger partial charge in [0.05, 0.1) is 11.8 Å². The number of nitrogens with one attached hydrogen (secondary N) is 1. The summed E-state index contributed by atoms with van der Waals surface area (Å²) in [5.41, 5.74) is 1.49. The lowest BCUT2D eigenvalue weighted by Gasteiger charge is -2.33. The van der Waals surface area contributed by atoms with Crippen molar-refractivity contribution < 1.29 is 19.5 Å². The Morgan fingerprint density at radius 2 is 1.82 bits per heavy atom. The van der Waals surface area contributed by atoms with Crippen LogP contribution in [0.2, 0.25) is 0 Å². The van der Waals surface area contributed by atoms with Gasteiger partial charge in [0.2, 0.25) is 11.8 Å². The van der Waals surface area contributed by atoms with E-state index in [4.69, 9.17) is 0 Å². The third-order valence-corrected chi connectivity index (χ3v) is 6.98. The number of likely N-dealkylation sites (tertiary alicyclic amines) is 1. The Bertz CT molecular complexity index is 845. The number of aliphatic carboxylic acids is 1. The number of hydrogen-bond acceptors (Lipinski definition) is 4. The highest BCUT2D eigenvalue weighted by atomic mass is 16.4. The van der Waals surface area contributed by atoms with Crippen LogP contribution in [0.1, 0.15) is 61.8 Å². The molecule has 2 aliphatic heterocycles. The van der Waals surface area contributed by atoms with Crippen LogP contribution in [-0.4, -0.2) is 39.4 Å². The summed E-state index contributed by atoms with van der Waals surface area (Å²) >= 11 is 0. The van der Waals surface area contributed by atoms with Crippen LogP contribution in [-0.2, 0) is 14.4 Å². The van der Waals surface area contributed by atoms with Gasteiger partial charge in [-0.15, -0.1) is 0 Å². The van der Waals surface area contributed by atoms with Crippen molar-refractivity contribution in [3.63, 3.8) is 0 Å². The number of fused-ring (bicyclic) bond motifs is 1. The number of imide groups is 1. The average molecular weight is 384 g/mol. The molecule has 150 valence electrons. The SMILES string of the molecule is Cc1ccc(C)c(C2NC(C)(C(=O)O)C3C(=O)N(C4CCCCC4)C(=O)C23)c1. The second kappa shape index (κ2) is 6.69. The van der Waals surface area contributed by atoms with Gasteiger partial charge in [-0.2, -0.15) is 0 Å². The third-order valence-electron chi connectivity index (χ3n) is 6.98. The molecule has 1 aromatic rings. The van der Waals surface area contributed by atoms with E-state index >= 15 is 0 Å². The molecule has 1 aromatic carbocycles. The molecule has 4 rings (SSSR count). The summed E-state index contributed by atoms with van der Waals surface area (Å²) in [7, 11) is 0. The Morgan fingerprint density at radius 1 is 1.14 bits per heavy atom. The molecule has 1 aliphatic carbocycles. The zero-order chi connectivity index (χ0) is 20.2. The predicted octanol–water partition coefficient (Wildman–Crippen LogP) is 2.72. The Morgan fingerprint density at radius 3 is 2.46 bits per heavy atom. The highest BCUT2D eigenvalue weighted by Crippen LogP contribution is 2.50. The molecule has 0 spiro atoms. The van der Waals surface area contributed by atoms with Gasteiger partial charge in [0.15, 0.2) is 0 Å². The molecule has 4 atom stereocenters. The molecule has 4 unspecified atom stereocenters. The highest BCUT2D eigenvalue weighted by molar-refractivity contribution is 6.09. The maximum absolute atomic E-state index is 13.5. The molecule has 1 saturated carbocycles. The van der Waals surface area contributed by atoms with E-state index < -0.39 is 29.4 Å². The van der Waals surface area contributed by atoms with E-state index in [-0.39, 0.29) is 17.9 Å². The fourth-order valence-corrected chi connectivity index (χ4v) is 5.42.